The molecule has 1 saturated heterocycles. The molecule has 138 valence electrons. The van der Waals surface area contributed by atoms with Crippen molar-refractivity contribution in [3.63, 3.8) is 0 Å². The Morgan fingerprint density at radius 2 is 1.92 bits per heavy atom. The zero-order chi connectivity index (χ0) is 18.7. The van der Waals surface area contributed by atoms with E-state index in [0.29, 0.717) is 31.5 Å². The van der Waals surface area contributed by atoms with E-state index in [1.807, 2.05) is 13.1 Å². The fourth-order valence-corrected chi connectivity index (χ4v) is 3.33. The van der Waals surface area contributed by atoms with E-state index in [2.05, 4.69) is 15.4 Å². The second-order valence-corrected chi connectivity index (χ2v) is 6.78. The van der Waals surface area contributed by atoms with Crippen molar-refractivity contribution in [2.75, 3.05) is 32.5 Å². The fourth-order valence-electron chi connectivity index (χ4n) is 3.33. The van der Waals surface area contributed by atoms with E-state index in [9.17, 15) is 9.59 Å². The second-order valence-electron chi connectivity index (χ2n) is 6.78. The molecule has 0 radical (unpaired) electrons. The van der Waals surface area contributed by atoms with E-state index in [4.69, 9.17) is 0 Å². The number of likely N-dealkylation sites (tertiary alicyclic amines) is 1. The van der Waals surface area contributed by atoms with Crippen LogP contribution in [0.15, 0.2) is 36.8 Å². The summed E-state index contributed by atoms with van der Waals surface area (Å²) in [6.07, 6.45) is 5.97. The Labute approximate surface area is 152 Å². The van der Waals surface area contributed by atoms with E-state index in [1.54, 1.807) is 59.3 Å². The summed E-state index contributed by atoms with van der Waals surface area (Å²) in [5, 5.41) is 7.54. The van der Waals surface area contributed by atoms with E-state index >= 15 is 0 Å². The summed E-state index contributed by atoms with van der Waals surface area (Å²) in [7, 11) is 5.33. The molecule has 0 aromatic carbocycles. The Hall–Kier alpha value is -2.90. The lowest BCUT2D eigenvalue weighted by molar-refractivity contribution is -0.135. The molecule has 2 amide bonds. The Morgan fingerprint density at radius 3 is 2.46 bits per heavy atom. The topological polar surface area (TPSA) is 83.4 Å². The summed E-state index contributed by atoms with van der Waals surface area (Å²) in [4.78, 5) is 33.0. The van der Waals surface area contributed by atoms with Gasteiger partial charge in [-0.05, 0) is 25.0 Å². The SMILES string of the molecule is CN(C)C(=O)C1(Nc2ccnn2C)CCN(C(=O)c2cccnc2)CC1. The molecule has 8 nitrogen and oxygen atoms in total. The summed E-state index contributed by atoms with van der Waals surface area (Å²) in [5.74, 6) is 0.740. The van der Waals surface area contributed by atoms with Gasteiger partial charge >= 0.3 is 0 Å². The van der Waals surface area contributed by atoms with Gasteiger partial charge in [-0.25, -0.2) is 0 Å². The summed E-state index contributed by atoms with van der Waals surface area (Å²) >= 11 is 0. The maximum atomic E-state index is 12.9. The first-order valence-corrected chi connectivity index (χ1v) is 8.60. The molecule has 1 N–H and O–H groups in total. The molecule has 0 aliphatic carbocycles. The average molecular weight is 356 g/mol. The molecule has 0 bridgehead atoms. The first-order valence-electron chi connectivity index (χ1n) is 8.60. The number of hydrogen-bond acceptors (Lipinski definition) is 5. The predicted octanol–water partition coefficient (Wildman–Crippen LogP) is 0.990. The lowest BCUT2D eigenvalue weighted by Crippen LogP contribution is -2.58. The van der Waals surface area contributed by atoms with Crippen molar-refractivity contribution in [2.24, 2.45) is 7.05 Å². The van der Waals surface area contributed by atoms with Crippen LogP contribution in [0, 0.1) is 0 Å². The Morgan fingerprint density at radius 1 is 1.19 bits per heavy atom. The molecular weight excluding hydrogens is 332 g/mol. The second kappa shape index (κ2) is 7.15. The average Bonchev–Trinajstić information content (AvgIpc) is 3.06. The van der Waals surface area contributed by atoms with Crippen LogP contribution >= 0.6 is 0 Å². The smallest absolute Gasteiger partial charge is 0.255 e. The van der Waals surface area contributed by atoms with Crippen molar-refractivity contribution in [1.82, 2.24) is 24.6 Å². The molecule has 1 fully saturated rings. The molecular formula is C18H24N6O2. The van der Waals surface area contributed by atoms with Crippen LogP contribution in [-0.4, -0.2) is 69.1 Å². The number of rotatable bonds is 4. The van der Waals surface area contributed by atoms with Gasteiger partial charge in [0.05, 0.1) is 11.8 Å². The van der Waals surface area contributed by atoms with Gasteiger partial charge in [-0.2, -0.15) is 5.10 Å². The Kier molecular flexibility index (Phi) is 4.92. The minimum absolute atomic E-state index is 0.00665. The van der Waals surface area contributed by atoms with Gasteiger partial charge in [-0.15, -0.1) is 0 Å². The highest BCUT2D eigenvalue weighted by Gasteiger charge is 2.43. The van der Waals surface area contributed by atoms with Crippen molar-refractivity contribution < 1.29 is 9.59 Å². The number of aromatic nitrogens is 3. The van der Waals surface area contributed by atoms with Crippen LogP contribution in [0.2, 0.25) is 0 Å². The number of nitrogens with one attached hydrogen (secondary N) is 1. The summed E-state index contributed by atoms with van der Waals surface area (Å²) < 4.78 is 1.71. The number of piperidine rings is 1. The fraction of sp³-hybridized carbons (Fsp3) is 0.444. The summed E-state index contributed by atoms with van der Waals surface area (Å²) in [5.41, 5.74) is -0.179. The highest BCUT2D eigenvalue weighted by molar-refractivity contribution is 5.94. The molecule has 26 heavy (non-hydrogen) atoms. The normalized spacial score (nSPS) is 16.2. The number of amides is 2. The number of nitrogens with zero attached hydrogens (tertiary/aromatic N) is 5. The number of anilines is 1. The first kappa shape index (κ1) is 17.9. The monoisotopic (exact) mass is 356 g/mol. The quantitative estimate of drug-likeness (QED) is 0.883. The number of hydrogen-bond donors (Lipinski definition) is 1. The molecule has 0 atom stereocenters. The molecule has 1 aliphatic rings. The van der Waals surface area contributed by atoms with Crippen LogP contribution in [0.4, 0.5) is 5.82 Å². The minimum Gasteiger partial charge on any atom is -0.356 e. The number of carbonyl (C=O) groups is 2. The Bertz CT molecular complexity index is 778. The van der Waals surface area contributed by atoms with Crippen molar-refractivity contribution in [3.05, 3.63) is 42.4 Å². The molecule has 3 rings (SSSR count). The molecule has 0 unspecified atom stereocenters. The van der Waals surface area contributed by atoms with Crippen molar-refractivity contribution >= 4 is 17.6 Å². The van der Waals surface area contributed by atoms with Crippen LogP contribution in [0.1, 0.15) is 23.2 Å². The van der Waals surface area contributed by atoms with Crippen LogP contribution in [0.25, 0.3) is 0 Å². The third-order valence-electron chi connectivity index (χ3n) is 4.82. The van der Waals surface area contributed by atoms with Crippen LogP contribution in [0.5, 0.6) is 0 Å². The van der Waals surface area contributed by atoms with Gasteiger partial charge < -0.3 is 15.1 Å². The van der Waals surface area contributed by atoms with Gasteiger partial charge in [0, 0.05) is 52.7 Å². The summed E-state index contributed by atoms with van der Waals surface area (Å²) in [6.45, 7) is 0.996. The van der Waals surface area contributed by atoms with Gasteiger partial charge in [-0.1, -0.05) is 0 Å². The molecule has 1 aliphatic heterocycles. The maximum absolute atomic E-state index is 12.9. The molecule has 8 heteroatoms. The summed E-state index contributed by atoms with van der Waals surface area (Å²) in [6, 6.07) is 5.36. The molecule has 0 spiro atoms. The molecule has 2 aromatic rings. The largest absolute Gasteiger partial charge is 0.356 e. The molecule has 2 aromatic heterocycles. The minimum atomic E-state index is -0.747. The lowest BCUT2D eigenvalue weighted by Gasteiger charge is -2.42. The Balaban J connectivity index is 1.78. The van der Waals surface area contributed by atoms with Crippen LogP contribution in [0.3, 0.4) is 0 Å². The lowest BCUT2D eigenvalue weighted by atomic mass is 9.85. The van der Waals surface area contributed by atoms with E-state index in [1.165, 1.54) is 0 Å². The maximum Gasteiger partial charge on any atom is 0.255 e. The van der Waals surface area contributed by atoms with Crippen molar-refractivity contribution in [3.8, 4) is 0 Å². The molecule has 3 heterocycles. The van der Waals surface area contributed by atoms with E-state index < -0.39 is 5.54 Å². The van der Waals surface area contributed by atoms with Gasteiger partial charge in [0.25, 0.3) is 5.91 Å². The number of likely N-dealkylation sites (N-methyl/N-ethyl adjacent to an activating group) is 1. The number of aryl methyl sites for hydroxylation is 1. The predicted molar refractivity (Wildman–Crippen MR) is 97.6 cm³/mol. The first-order chi connectivity index (χ1) is 12.4. The molecule has 0 saturated carbocycles. The van der Waals surface area contributed by atoms with Crippen LogP contribution < -0.4 is 5.32 Å². The number of pyridine rings is 1. The highest BCUT2D eigenvalue weighted by Crippen LogP contribution is 2.29. The number of carbonyl (C=O) groups excluding carboxylic acids is 2. The zero-order valence-electron chi connectivity index (χ0n) is 15.3. The van der Waals surface area contributed by atoms with Crippen molar-refractivity contribution in [1.29, 1.82) is 0 Å². The van der Waals surface area contributed by atoms with Gasteiger partial charge in [0.1, 0.15) is 11.4 Å². The zero-order valence-corrected chi connectivity index (χ0v) is 15.3. The van der Waals surface area contributed by atoms with Gasteiger partial charge in [0.15, 0.2) is 0 Å². The van der Waals surface area contributed by atoms with E-state index in [-0.39, 0.29) is 11.8 Å². The standard InChI is InChI=1S/C18H24N6O2/c1-22(2)17(26)18(21-15-6-10-20-23(15)3)7-11-24(12-8-18)16(25)14-5-4-9-19-13-14/h4-6,9-10,13,21H,7-8,11-12H2,1-3H3. The third-order valence-corrected chi connectivity index (χ3v) is 4.82. The van der Waals surface area contributed by atoms with Gasteiger partial charge in [-0.3, -0.25) is 19.3 Å². The third kappa shape index (κ3) is 3.40. The van der Waals surface area contributed by atoms with E-state index in [0.717, 1.165) is 5.82 Å². The highest BCUT2D eigenvalue weighted by atomic mass is 16.2. The van der Waals surface area contributed by atoms with Gasteiger partial charge in [0.2, 0.25) is 5.91 Å². The van der Waals surface area contributed by atoms with Crippen LogP contribution in [-0.2, 0) is 11.8 Å². The van der Waals surface area contributed by atoms with Crippen molar-refractivity contribution in [2.45, 2.75) is 18.4 Å².